The first-order valence-corrected chi connectivity index (χ1v) is 9.71. The van der Waals surface area contributed by atoms with Crippen LogP contribution in [0, 0.1) is 29.6 Å². The molecule has 120 valence electrons. The van der Waals surface area contributed by atoms with E-state index < -0.39 is 0 Å². The molecule has 4 fully saturated rings. The molecule has 1 saturated heterocycles. The summed E-state index contributed by atoms with van der Waals surface area (Å²) >= 11 is 0. The van der Waals surface area contributed by atoms with E-state index >= 15 is 0 Å². The Bertz CT molecular complexity index is 361. The highest BCUT2D eigenvalue weighted by Crippen LogP contribution is 2.58. The van der Waals surface area contributed by atoms with Gasteiger partial charge in [0.05, 0.1) is 0 Å². The second-order valence-electron chi connectivity index (χ2n) is 8.72. The highest BCUT2D eigenvalue weighted by molar-refractivity contribution is 5.05. The fourth-order valence-corrected chi connectivity index (χ4v) is 6.43. The lowest BCUT2D eigenvalue weighted by Crippen LogP contribution is -2.49. The lowest BCUT2D eigenvalue weighted by Gasteiger charge is -2.36. The highest BCUT2D eigenvalue weighted by Gasteiger charge is 2.53. The summed E-state index contributed by atoms with van der Waals surface area (Å²) in [5, 5.41) is 4.04. The zero-order valence-electron chi connectivity index (χ0n) is 14.1. The number of fused-ring (bicyclic) bond motifs is 5. The first kappa shape index (κ1) is 14.5. The molecule has 0 spiro atoms. The van der Waals surface area contributed by atoms with Crippen LogP contribution in [-0.2, 0) is 0 Å². The van der Waals surface area contributed by atoms with Crippen LogP contribution in [0.2, 0.25) is 0 Å². The predicted octanol–water partition coefficient (Wildman–Crippen LogP) is 3.52. The van der Waals surface area contributed by atoms with Gasteiger partial charge >= 0.3 is 0 Å². The van der Waals surface area contributed by atoms with Crippen LogP contribution in [0.1, 0.15) is 58.8 Å². The fourth-order valence-electron chi connectivity index (χ4n) is 6.43. The first-order valence-electron chi connectivity index (χ1n) is 9.71. The van der Waals surface area contributed by atoms with Crippen LogP contribution >= 0.6 is 0 Å². The average Bonchev–Trinajstić information content (AvgIpc) is 3.21. The minimum absolute atomic E-state index is 0.769. The van der Waals surface area contributed by atoms with Crippen molar-refractivity contribution in [3.05, 3.63) is 0 Å². The average molecular weight is 290 g/mol. The number of likely N-dealkylation sites (tertiary alicyclic amines) is 1. The third-order valence-electron chi connectivity index (χ3n) is 7.40. The van der Waals surface area contributed by atoms with Crippen LogP contribution in [0.5, 0.6) is 0 Å². The van der Waals surface area contributed by atoms with Crippen LogP contribution in [0.3, 0.4) is 0 Å². The van der Waals surface area contributed by atoms with Crippen LogP contribution < -0.4 is 5.32 Å². The van der Waals surface area contributed by atoms with Crippen LogP contribution in [-0.4, -0.2) is 36.6 Å². The molecule has 0 aromatic carbocycles. The second-order valence-corrected chi connectivity index (χ2v) is 8.72. The molecule has 1 heterocycles. The molecule has 3 saturated carbocycles. The summed E-state index contributed by atoms with van der Waals surface area (Å²) < 4.78 is 0. The van der Waals surface area contributed by atoms with Gasteiger partial charge in [0.1, 0.15) is 0 Å². The van der Waals surface area contributed by atoms with Gasteiger partial charge in [-0.2, -0.15) is 0 Å². The van der Waals surface area contributed by atoms with Crippen molar-refractivity contribution >= 4 is 0 Å². The Labute approximate surface area is 131 Å². The molecule has 2 heteroatoms. The lowest BCUT2D eigenvalue weighted by atomic mass is 9.79. The van der Waals surface area contributed by atoms with Gasteiger partial charge in [-0.25, -0.2) is 0 Å². The van der Waals surface area contributed by atoms with Gasteiger partial charge in [-0.15, -0.1) is 0 Å². The van der Waals surface area contributed by atoms with Crippen molar-refractivity contribution in [1.82, 2.24) is 10.2 Å². The van der Waals surface area contributed by atoms with Gasteiger partial charge in [0, 0.05) is 18.6 Å². The maximum Gasteiger partial charge on any atom is 0.0243 e. The molecule has 1 aliphatic heterocycles. The highest BCUT2D eigenvalue weighted by atomic mass is 15.2. The first-order chi connectivity index (χ1) is 10.2. The number of hydrogen-bond acceptors (Lipinski definition) is 2. The lowest BCUT2D eigenvalue weighted by molar-refractivity contribution is 0.159. The van der Waals surface area contributed by atoms with Crippen molar-refractivity contribution in [2.45, 2.75) is 70.9 Å². The normalized spacial score (nSPS) is 43.9. The maximum absolute atomic E-state index is 4.04. The number of rotatable bonds is 5. The Morgan fingerprint density at radius 2 is 1.71 bits per heavy atom. The summed E-state index contributed by atoms with van der Waals surface area (Å²) in [7, 11) is 0. The Hall–Kier alpha value is -0.0800. The van der Waals surface area contributed by atoms with E-state index in [2.05, 4.69) is 24.1 Å². The molecule has 3 aliphatic carbocycles. The van der Waals surface area contributed by atoms with E-state index in [9.17, 15) is 0 Å². The molecule has 0 radical (unpaired) electrons. The molecular formula is C19H34N2. The largest absolute Gasteiger partial charge is 0.312 e. The monoisotopic (exact) mass is 290 g/mol. The molecule has 6 atom stereocenters. The van der Waals surface area contributed by atoms with E-state index in [0.717, 1.165) is 41.7 Å². The number of nitrogens with one attached hydrogen (secondary N) is 1. The Morgan fingerprint density at radius 3 is 2.48 bits per heavy atom. The van der Waals surface area contributed by atoms with E-state index in [1.807, 2.05) is 0 Å². The van der Waals surface area contributed by atoms with Gasteiger partial charge in [-0.05, 0) is 81.2 Å². The third-order valence-corrected chi connectivity index (χ3v) is 7.40. The molecule has 21 heavy (non-hydrogen) atoms. The predicted molar refractivity (Wildman–Crippen MR) is 88.3 cm³/mol. The third kappa shape index (κ3) is 2.57. The van der Waals surface area contributed by atoms with E-state index in [0.29, 0.717) is 0 Å². The molecule has 6 unspecified atom stereocenters. The summed E-state index contributed by atoms with van der Waals surface area (Å²) in [6.45, 7) is 8.75. The van der Waals surface area contributed by atoms with E-state index in [1.165, 1.54) is 45.3 Å². The van der Waals surface area contributed by atoms with Crippen molar-refractivity contribution in [1.29, 1.82) is 0 Å². The molecule has 2 nitrogen and oxygen atoms in total. The minimum Gasteiger partial charge on any atom is -0.312 e. The van der Waals surface area contributed by atoms with Crippen molar-refractivity contribution < 1.29 is 0 Å². The van der Waals surface area contributed by atoms with Crippen LogP contribution in [0.4, 0.5) is 0 Å². The van der Waals surface area contributed by atoms with Crippen molar-refractivity contribution in [3.8, 4) is 0 Å². The second kappa shape index (κ2) is 5.85. The van der Waals surface area contributed by atoms with Gasteiger partial charge in [0.2, 0.25) is 0 Å². The maximum atomic E-state index is 4.04. The topological polar surface area (TPSA) is 15.3 Å². The molecule has 1 N–H and O–H groups in total. The van der Waals surface area contributed by atoms with E-state index in [4.69, 9.17) is 0 Å². The summed E-state index contributed by atoms with van der Waals surface area (Å²) in [5.41, 5.74) is 0. The zero-order chi connectivity index (χ0) is 14.4. The van der Waals surface area contributed by atoms with E-state index in [-0.39, 0.29) is 0 Å². The van der Waals surface area contributed by atoms with Crippen LogP contribution in [0.25, 0.3) is 0 Å². The molecule has 2 bridgehead atoms. The summed E-state index contributed by atoms with van der Waals surface area (Å²) in [5.74, 6) is 5.14. The Kier molecular flexibility index (Phi) is 4.04. The van der Waals surface area contributed by atoms with E-state index in [1.54, 1.807) is 19.3 Å². The van der Waals surface area contributed by atoms with Gasteiger partial charge in [0.25, 0.3) is 0 Å². The molecule has 4 aliphatic rings. The summed E-state index contributed by atoms with van der Waals surface area (Å²) in [6, 6.07) is 1.63. The minimum atomic E-state index is 0.769. The summed E-state index contributed by atoms with van der Waals surface area (Å²) in [6.07, 6.45) is 10.5. The summed E-state index contributed by atoms with van der Waals surface area (Å²) in [4.78, 5) is 2.75. The quantitative estimate of drug-likeness (QED) is 0.833. The van der Waals surface area contributed by atoms with Gasteiger partial charge in [0.15, 0.2) is 0 Å². The SMILES string of the molecule is CC(C)C(CNC1CC2CC1C1CCCC21)N1CCCC1. The molecule has 0 aromatic rings. The Balaban J connectivity index is 1.34. The number of nitrogens with zero attached hydrogens (tertiary/aromatic N) is 1. The standard InChI is InChI=1S/C19H34N2/c1-13(2)19(21-8-3-4-9-21)12-20-18-11-14-10-17(18)16-7-5-6-15(14)16/h13-20H,3-12H2,1-2H3. The van der Waals surface area contributed by atoms with Crippen molar-refractivity contribution in [3.63, 3.8) is 0 Å². The van der Waals surface area contributed by atoms with Gasteiger partial charge < -0.3 is 5.32 Å². The molecular weight excluding hydrogens is 256 g/mol. The molecule has 0 amide bonds. The molecule has 4 rings (SSSR count). The smallest absolute Gasteiger partial charge is 0.0243 e. The zero-order valence-corrected chi connectivity index (χ0v) is 14.1. The van der Waals surface area contributed by atoms with Crippen molar-refractivity contribution in [2.75, 3.05) is 19.6 Å². The van der Waals surface area contributed by atoms with Crippen LogP contribution in [0.15, 0.2) is 0 Å². The Morgan fingerprint density at radius 1 is 0.952 bits per heavy atom. The number of hydrogen-bond donors (Lipinski definition) is 1. The van der Waals surface area contributed by atoms with Gasteiger partial charge in [-0.3, -0.25) is 4.90 Å². The fraction of sp³-hybridized carbons (Fsp3) is 1.00. The van der Waals surface area contributed by atoms with Crippen molar-refractivity contribution in [2.24, 2.45) is 29.6 Å². The molecule has 0 aromatic heterocycles. The van der Waals surface area contributed by atoms with Gasteiger partial charge in [-0.1, -0.05) is 20.3 Å².